The Bertz CT molecular complexity index is 397. The molecule has 0 saturated carbocycles. The molecule has 1 rings (SSSR count). The van der Waals surface area contributed by atoms with Gasteiger partial charge >= 0.3 is 0 Å². The third kappa shape index (κ3) is 4.33. The van der Waals surface area contributed by atoms with Gasteiger partial charge in [0.25, 0.3) is 0 Å². The van der Waals surface area contributed by atoms with Crippen LogP contribution in [0.1, 0.15) is 31.9 Å². The van der Waals surface area contributed by atoms with Crippen molar-refractivity contribution < 1.29 is 19.0 Å². The van der Waals surface area contributed by atoms with Gasteiger partial charge in [-0.1, -0.05) is 13.0 Å². The van der Waals surface area contributed by atoms with Crippen LogP contribution in [-0.2, 0) is 0 Å². The van der Waals surface area contributed by atoms with Crippen molar-refractivity contribution in [3.8, 4) is 0 Å². The Balaban J connectivity index is 2.53. The molecule has 2 unspecified atom stereocenters. The minimum atomic E-state index is -1.07. The first-order valence-corrected chi connectivity index (χ1v) is 5.92. The highest BCUT2D eigenvalue weighted by Crippen LogP contribution is 2.17. The van der Waals surface area contributed by atoms with Crippen molar-refractivity contribution in [1.82, 2.24) is 5.32 Å². The maximum absolute atomic E-state index is 13.4. The topological polar surface area (TPSA) is 52.5 Å². The van der Waals surface area contributed by atoms with Crippen molar-refractivity contribution in [2.24, 2.45) is 0 Å². The Kier molecular flexibility index (Phi) is 5.19. The number of nitrogens with one attached hydrogen (secondary N) is 1. The molecule has 0 aliphatic heterocycles. The van der Waals surface area contributed by atoms with E-state index in [0.29, 0.717) is 13.0 Å². The molecule has 0 aromatic heterocycles. The molecule has 0 saturated heterocycles. The predicted molar refractivity (Wildman–Crippen MR) is 65.1 cm³/mol. The zero-order valence-electron chi connectivity index (χ0n) is 10.6. The predicted octanol–water partition coefficient (Wildman–Crippen LogP) is 1.75. The van der Waals surface area contributed by atoms with Crippen LogP contribution in [0, 0.1) is 11.6 Å². The Morgan fingerprint density at radius 2 is 2.06 bits per heavy atom. The largest absolute Gasteiger partial charge is 0.389 e. The summed E-state index contributed by atoms with van der Waals surface area (Å²) in [6, 6.07) is 3.06. The Morgan fingerprint density at radius 3 is 2.61 bits per heavy atom. The van der Waals surface area contributed by atoms with Crippen molar-refractivity contribution in [2.75, 3.05) is 13.1 Å². The van der Waals surface area contributed by atoms with Crippen LogP contribution in [0.25, 0.3) is 0 Å². The van der Waals surface area contributed by atoms with Crippen LogP contribution >= 0.6 is 0 Å². The molecule has 0 amide bonds. The quantitative estimate of drug-likeness (QED) is 0.729. The maximum atomic E-state index is 13.4. The molecule has 0 fully saturated rings. The first-order chi connectivity index (χ1) is 8.35. The molecule has 0 aliphatic carbocycles. The molecule has 0 spiro atoms. The molecule has 0 radical (unpaired) electrons. The number of aliphatic hydroxyl groups is 2. The number of halogens is 2. The zero-order valence-corrected chi connectivity index (χ0v) is 10.6. The van der Waals surface area contributed by atoms with E-state index in [1.54, 1.807) is 6.92 Å². The molecule has 0 aliphatic rings. The van der Waals surface area contributed by atoms with Gasteiger partial charge in [-0.25, -0.2) is 8.78 Å². The summed E-state index contributed by atoms with van der Waals surface area (Å²) in [4.78, 5) is 0. The van der Waals surface area contributed by atoms with Gasteiger partial charge in [-0.3, -0.25) is 0 Å². The lowest BCUT2D eigenvalue weighted by Crippen LogP contribution is -2.38. The Morgan fingerprint density at radius 1 is 1.39 bits per heavy atom. The van der Waals surface area contributed by atoms with E-state index in [1.807, 2.05) is 6.92 Å². The van der Waals surface area contributed by atoms with E-state index in [0.717, 1.165) is 12.1 Å². The van der Waals surface area contributed by atoms with Crippen LogP contribution in [0.2, 0.25) is 0 Å². The maximum Gasteiger partial charge on any atom is 0.131 e. The van der Waals surface area contributed by atoms with Crippen LogP contribution in [0.15, 0.2) is 18.2 Å². The van der Waals surface area contributed by atoms with E-state index in [4.69, 9.17) is 0 Å². The summed E-state index contributed by atoms with van der Waals surface area (Å²) in [5, 5.41) is 22.3. The van der Waals surface area contributed by atoms with Crippen LogP contribution in [0.5, 0.6) is 0 Å². The highest BCUT2D eigenvalue weighted by atomic mass is 19.1. The van der Waals surface area contributed by atoms with Gasteiger partial charge in [-0.05, 0) is 19.4 Å². The van der Waals surface area contributed by atoms with E-state index in [-0.39, 0.29) is 12.1 Å². The lowest BCUT2D eigenvalue weighted by atomic mass is 10.0. The normalized spacial score (nSPS) is 16.3. The first-order valence-electron chi connectivity index (χ1n) is 5.92. The van der Waals surface area contributed by atoms with Gasteiger partial charge in [-0.15, -0.1) is 0 Å². The van der Waals surface area contributed by atoms with Crippen LogP contribution in [0.3, 0.4) is 0 Å². The molecule has 18 heavy (non-hydrogen) atoms. The van der Waals surface area contributed by atoms with Crippen molar-refractivity contribution >= 4 is 0 Å². The van der Waals surface area contributed by atoms with Gasteiger partial charge in [0.2, 0.25) is 0 Å². The fourth-order valence-corrected chi connectivity index (χ4v) is 1.48. The summed E-state index contributed by atoms with van der Waals surface area (Å²) < 4.78 is 26.0. The summed E-state index contributed by atoms with van der Waals surface area (Å²) >= 11 is 0. The second-order valence-electron chi connectivity index (χ2n) is 4.66. The molecule has 102 valence electrons. The lowest BCUT2D eigenvalue weighted by Gasteiger charge is -2.22. The molecule has 5 heteroatoms. The molecule has 0 bridgehead atoms. The minimum Gasteiger partial charge on any atom is -0.389 e. The molecular weight excluding hydrogens is 240 g/mol. The Hall–Kier alpha value is -1.04. The third-order valence-electron chi connectivity index (χ3n) is 2.93. The van der Waals surface area contributed by atoms with E-state index in [1.165, 1.54) is 6.07 Å². The molecule has 1 aromatic carbocycles. The van der Waals surface area contributed by atoms with Gasteiger partial charge in [0, 0.05) is 24.7 Å². The van der Waals surface area contributed by atoms with Gasteiger partial charge in [0.05, 0.1) is 11.7 Å². The second kappa shape index (κ2) is 6.22. The van der Waals surface area contributed by atoms with Crippen LogP contribution < -0.4 is 5.32 Å². The highest BCUT2D eigenvalue weighted by Gasteiger charge is 2.18. The van der Waals surface area contributed by atoms with E-state index < -0.39 is 23.3 Å². The lowest BCUT2D eigenvalue weighted by molar-refractivity contribution is 0.0514. The van der Waals surface area contributed by atoms with Crippen molar-refractivity contribution in [2.45, 2.75) is 32.0 Å². The van der Waals surface area contributed by atoms with Gasteiger partial charge in [-0.2, -0.15) is 0 Å². The van der Waals surface area contributed by atoms with E-state index in [9.17, 15) is 19.0 Å². The Labute approximate surface area is 105 Å². The fraction of sp³-hybridized carbons (Fsp3) is 0.538. The highest BCUT2D eigenvalue weighted by molar-refractivity contribution is 5.21. The number of rotatable bonds is 6. The molecule has 0 heterocycles. The van der Waals surface area contributed by atoms with Crippen LogP contribution in [0.4, 0.5) is 8.78 Å². The summed E-state index contributed by atoms with van der Waals surface area (Å²) in [7, 11) is 0. The number of benzene rings is 1. The van der Waals surface area contributed by atoms with Gasteiger partial charge < -0.3 is 15.5 Å². The first kappa shape index (κ1) is 15.0. The fourth-order valence-electron chi connectivity index (χ4n) is 1.48. The average Bonchev–Trinajstić information content (AvgIpc) is 2.28. The van der Waals surface area contributed by atoms with Crippen LogP contribution in [-0.4, -0.2) is 28.9 Å². The summed E-state index contributed by atoms with van der Waals surface area (Å²) in [5.41, 5.74) is -0.818. The summed E-state index contributed by atoms with van der Waals surface area (Å²) in [5.74, 6) is -1.45. The molecule has 2 atom stereocenters. The molecule has 3 nitrogen and oxygen atoms in total. The van der Waals surface area contributed by atoms with Crippen molar-refractivity contribution in [3.63, 3.8) is 0 Å². The summed E-state index contributed by atoms with van der Waals surface area (Å²) in [6.07, 6.45) is -0.501. The van der Waals surface area contributed by atoms with Gasteiger partial charge in [0.1, 0.15) is 11.6 Å². The summed E-state index contributed by atoms with van der Waals surface area (Å²) in [6.45, 7) is 3.91. The molecule has 3 N–H and O–H groups in total. The molecule has 1 aromatic rings. The zero-order chi connectivity index (χ0) is 13.8. The standard InChI is InChI=1S/C13H19F2NO2/c1-3-13(2,18)8-16-7-12(17)10-5-4-9(14)6-11(10)15/h4-6,12,16-18H,3,7-8H2,1-2H3. The van der Waals surface area contributed by atoms with E-state index in [2.05, 4.69) is 5.32 Å². The third-order valence-corrected chi connectivity index (χ3v) is 2.93. The average molecular weight is 259 g/mol. The van der Waals surface area contributed by atoms with Crippen molar-refractivity contribution in [1.29, 1.82) is 0 Å². The van der Waals surface area contributed by atoms with E-state index >= 15 is 0 Å². The van der Waals surface area contributed by atoms with Crippen molar-refractivity contribution in [3.05, 3.63) is 35.4 Å². The number of hydrogen-bond acceptors (Lipinski definition) is 3. The minimum absolute atomic E-state index is 0.0417. The monoisotopic (exact) mass is 259 g/mol. The number of aliphatic hydroxyl groups excluding tert-OH is 1. The SMILES string of the molecule is CCC(C)(O)CNCC(O)c1ccc(F)cc1F. The smallest absolute Gasteiger partial charge is 0.131 e. The molecular formula is C13H19F2NO2. The van der Waals surface area contributed by atoms with Gasteiger partial charge in [0.15, 0.2) is 0 Å². The number of hydrogen-bond donors (Lipinski definition) is 3. The second-order valence-corrected chi connectivity index (χ2v) is 4.66.